The lowest BCUT2D eigenvalue weighted by Crippen LogP contribution is -2.25. The molecule has 0 bridgehead atoms. The molecule has 260 valence electrons. The predicted molar refractivity (Wildman–Crippen MR) is 196 cm³/mol. The first-order chi connectivity index (χ1) is 24.9. The minimum Gasteiger partial charge on any atom is -0.455 e. The summed E-state index contributed by atoms with van der Waals surface area (Å²) in [7, 11) is -1.03. The number of benzene rings is 4. The number of sulfonamides is 1. The standard InChI is InChI=1S/C39H28F3N5O4S/c1-43-39(48)36-27-15-23(34(47(2)52(3,49)50)18-35(27)51-38(36)20-10-12-22(40)13-11-20)24-14-21(32-16-25-28(41)6-4-8-30(25)45-32)19-44-37(24)33-17-26-29(42)7-5-9-31(26)46-33/h4-19,45-46H,1-3H3,(H,43,48). The SMILES string of the molecule is CNC(=O)c1c(-c2ccc(F)cc2)oc2cc(N(C)S(C)(=O)=O)c(-c3cc(-c4cc5c(F)cccc5[nH]4)cnc3-c3cc4c(F)cccc4[nH]3)cc12. The summed E-state index contributed by atoms with van der Waals surface area (Å²) in [5.74, 6) is -1.68. The first kappa shape index (κ1) is 32.8. The number of nitrogens with zero attached hydrogens (tertiary/aromatic N) is 2. The predicted octanol–water partition coefficient (Wildman–Crippen LogP) is 8.63. The van der Waals surface area contributed by atoms with E-state index >= 15 is 0 Å². The number of anilines is 1. The van der Waals surface area contributed by atoms with Crippen molar-refractivity contribution in [3.8, 4) is 45.1 Å². The molecule has 52 heavy (non-hydrogen) atoms. The van der Waals surface area contributed by atoms with E-state index in [1.807, 2.05) is 0 Å². The number of pyridine rings is 1. The third-order valence-electron chi connectivity index (χ3n) is 9.17. The number of furan rings is 1. The molecule has 13 heteroatoms. The summed E-state index contributed by atoms with van der Waals surface area (Å²) in [5.41, 5.74) is 4.61. The van der Waals surface area contributed by atoms with Gasteiger partial charge in [-0.25, -0.2) is 21.6 Å². The molecule has 0 saturated heterocycles. The summed E-state index contributed by atoms with van der Waals surface area (Å²) in [6.45, 7) is 0. The van der Waals surface area contributed by atoms with Crippen LogP contribution in [0.1, 0.15) is 10.4 Å². The average molecular weight is 720 g/mol. The molecule has 0 spiro atoms. The number of H-pyrrole nitrogens is 2. The lowest BCUT2D eigenvalue weighted by Gasteiger charge is -2.22. The van der Waals surface area contributed by atoms with Gasteiger partial charge in [-0.2, -0.15) is 0 Å². The van der Waals surface area contributed by atoms with Crippen LogP contribution in [0.25, 0.3) is 77.9 Å². The van der Waals surface area contributed by atoms with Crippen molar-refractivity contribution in [1.82, 2.24) is 20.3 Å². The second kappa shape index (κ2) is 12.2. The van der Waals surface area contributed by atoms with Crippen LogP contribution in [-0.2, 0) is 10.0 Å². The minimum atomic E-state index is -3.88. The van der Waals surface area contributed by atoms with Crippen LogP contribution < -0.4 is 9.62 Å². The summed E-state index contributed by atoms with van der Waals surface area (Å²) in [6.07, 6.45) is 2.64. The van der Waals surface area contributed by atoms with Gasteiger partial charge in [-0.15, -0.1) is 0 Å². The Bertz CT molecular complexity index is 2840. The molecular weight excluding hydrogens is 692 g/mol. The van der Waals surface area contributed by atoms with Crippen LogP contribution in [0, 0.1) is 17.5 Å². The van der Waals surface area contributed by atoms with Crippen molar-refractivity contribution in [1.29, 1.82) is 0 Å². The Balaban J connectivity index is 1.46. The molecule has 4 aromatic carbocycles. The highest BCUT2D eigenvalue weighted by Gasteiger charge is 2.28. The molecule has 0 atom stereocenters. The largest absolute Gasteiger partial charge is 0.455 e. The maximum atomic E-state index is 14.9. The van der Waals surface area contributed by atoms with Crippen LogP contribution in [0.4, 0.5) is 18.9 Å². The molecule has 8 aromatic rings. The molecule has 0 saturated carbocycles. The molecule has 9 nitrogen and oxygen atoms in total. The zero-order chi connectivity index (χ0) is 36.5. The Morgan fingerprint density at radius 3 is 2.04 bits per heavy atom. The lowest BCUT2D eigenvalue weighted by atomic mass is 9.95. The fourth-order valence-electron chi connectivity index (χ4n) is 6.49. The highest BCUT2D eigenvalue weighted by molar-refractivity contribution is 7.92. The van der Waals surface area contributed by atoms with E-state index < -0.39 is 33.4 Å². The van der Waals surface area contributed by atoms with Crippen molar-refractivity contribution >= 4 is 54.4 Å². The molecular formula is C39H28F3N5O4S. The number of aromatic nitrogens is 3. The highest BCUT2D eigenvalue weighted by Crippen LogP contribution is 2.45. The number of carbonyl (C=O) groups excluding carboxylic acids is 1. The van der Waals surface area contributed by atoms with Gasteiger partial charge in [0.05, 0.1) is 28.9 Å². The Kier molecular flexibility index (Phi) is 7.68. The van der Waals surface area contributed by atoms with Gasteiger partial charge in [-0.1, -0.05) is 12.1 Å². The van der Waals surface area contributed by atoms with E-state index in [0.717, 1.165) is 10.6 Å². The summed E-state index contributed by atoms with van der Waals surface area (Å²) in [4.78, 5) is 24.8. The quantitative estimate of drug-likeness (QED) is 0.152. The second-order valence-corrected chi connectivity index (χ2v) is 14.4. The molecule has 0 aliphatic carbocycles. The average Bonchev–Trinajstić information content (AvgIpc) is 3.86. The molecule has 4 aromatic heterocycles. The number of halogens is 3. The smallest absolute Gasteiger partial charge is 0.255 e. The van der Waals surface area contributed by atoms with Gasteiger partial charge in [0.1, 0.15) is 28.8 Å². The fourth-order valence-corrected chi connectivity index (χ4v) is 7.00. The molecule has 8 rings (SSSR count). The van der Waals surface area contributed by atoms with E-state index in [-0.39, 0.29) is 22.6 Å². The molecule has 0 radical (unpaired) electrons. The van der Waals surface area contributed by atoms with E-state index in [1.54, 1.807) is 54.7 Å². The maximum Gasteiger partial charge on any atom is 0.255 e. The number of hydrogen-bond acceptors (Lipinski definition) is 5. The topological polar surface area (TPSA) is 124 Å². The van der Waals surface area contributed by atoms with E-state index in [4.69, 9.17) is 9.40 Å². The number of amides is 1. The Hall–Kier alpha value is -6.34. The minimum absolute atomic E-state index is 0.142. The van der Waals surface area contributed by atoms with Crippen LogP contribution in [0.3, 0.4) is 0 Å². The summed E-state index contributed by atoms with van der Waals surface area (Å²) in [6, 6.07) is 23.0. The van der Waals surface area contributed by atoms with E-state index in [9.17, 15) is 26.4 Å². The Morgan fingerprint density at radius 2 is 1.42 bits per heavy atom. The summed E-state index contributed by atoms with van der Waals surface area (Å²) >= 11 is 0. The lowest BCUT2D eigenvalue weighted by molar-refractivity contribution is 0.0964. The molecule has 0 unspecified atom stereocenters. The van der Waals surface area contributed by atoms with Crippen LogP contribution in [0.5, 0.6) is 0 Å². The van der Waals surface area contributed by atoms with Crippen molar-refractivity contribution in [2.75, 3.05) is 24.7 Å². The van der Waals surface area contributed by atoms with Gasteiger partial charge in [-0.3, -0.25) is 14.1 Å². The first-order valence-electron chi connectivity index (χ1n) is 16.0. The molecule has 0 aliphatic heterocycles. The third kappa shape index (κ3) is 5.46. The van der Waals surface area contributed by atoms with Gasteiger partial charge >= 0.3 is 0 Å². The molecule has 0 fully saturated rings. The van der Waals surface area contributed by atoms with Gasteiger partial charge in [-0.05, 0) is 72.8 Å². The Morgan fingerprint density at radius 1 is 0.788 bits per heavy atom. The third-order valence-corrected chi connectivity index (χ3v) is 10.4. The van der Waals surface area contributed by atoms with Gasteiger partial charge in [0.2, 0.25) is 10.0 Å². The number of nitrogens with one attached hydrogen (secondary N) is 3. The van der Waals surface area contributed by atoms with Gasteiger partial charge < -0.3 is 19.7 Å². The highest BCUT2D eigenvalue weighted by atomic mass is 32.2. The van der Waals surface area contributed by atoms with Crippen molar-refractivity contribution < 1.29 is 30.8 Å². The zero-order valence-electron chi connectivity index (χ0n) is 27.8. The molecule has 1 amide bonds. The van der Waals surface area contributed by atoms with E-state index in [2.05, 4.69) is 15.3 Å². The number of hydrogen-bond donors (Lipinski definition) is 3. The number of aromatic amines is 2. The first-order valence-corrected chi connectivity index (χ1v) is 17.8. The van der Waals surface area contributed by atoms with Crippen LogP contribution in [-0.4, -0.2) is 49.6 Å². The van der Waals surface area contributed by atoms with E-state index in [1.165, 1.54) is 56.6 Å². The summed E-state index contributed by atoms with van der Waals surface area (Å²) in [5, 5.41) is 3.67. The van der Waals surface area contributed by atoms with Crippen LogP contribution >= 0.6 is 0 Å². The van der Waals surface area contributed by atoms with Crippen molar-refractivity contribution in [2.45, 2.75) is 0 Å². The summed E-state index contributed by atoms with van der Waals surface area (Å²) < 4.78 is 77.2. The second-order valence-electron chi connectivity index (χ2n) is 12.4. The molecule has 4 heterocycles. The van der Waals surface area contributed by atoms with Gasteiger partial charge in [0.15, 0.2) is 0 Å². The maximum absolute atomic E-state index is 14.9. The number of fused-ring (bicyclic) bond motifs is 3. The van der Waals surface area contributed by atoms with Gasteiger partial charge in [0.25, 0.3) is 5.91 Å². The number of rotatable bonds is 7. The molecule has 3 N–H and O–H groups in total. The zero-order valence-corrected chi connectivity index (χ0v) is 28.6. The molecule has 0 aliphatic rings. The monoisotopic (exact) mass is 719 g/mol. The van der Waals surface area contributed by atoms with Crippen molar-refractivity contribution in [3.63, 3.8) is 0 Å². The fraction of sp³-hybridized carbons (Fsp3) is 0.0769. The Labute approximate surface area is 294 Å². The van der Waals surface area contributed by atoms with Crippen molar-refractivity contribution in [2.24, 2.45) is 0 Å². The van der Waals surface area contributed by atoms with Crippen LogP contribution in [0.15, 0.2) is 102 Å². The van der Waals surface area contributed by atoms with E-state index in [0.29, 0.717) is 66.5 Å². The normalized spacial score (nSPS) is 11.9. The van der Waals surface area contributed by atoms with Crippen molar-refractivity contribution in [3.05, 3.63) is 120 Å². The number of carbonyl (C=O) groups is 1. The van der Waals surface area contributed by atoms with Crippen LogP contribution in [0.2, 0.25) is 0 Å². The van der Waals surface area contributed by atoms with Gasteiger partial charge in [0, 0.05) is 81.5 Å².